The molecular formula is C19H25ClFN5O2. The van der Waals surface area contributed by atoms with Crippen molar-refractivity contribution in [1.29, 1.82) is 0 Å². The second kappa shape index (κ2) is 6.76. The molecule has 0 radical (unpaired) electrons. The van der Waals surface area contributed by atoms with E-state index in [2.05, 4.69) is 15.0 Å². The molecule has 0 aromatic carbocycles. The Morgan fingerprint density at radius 1 is 1.29 bits per heavy atom. The van der Waals surface area contributed by atoms with E-state index in [1.54, 1.807) is 13.2 Å². The second-order valence-electron chi connectivity index (χ2n) is 8.60. The van der Waals surface area contributed by atoms with Gasteiger partial charge in [-0.3, -0.25) is 9.58 Å². The zero-order chi connectivity index (χ0) is 20.2. The van der Waals surface area contributed by atoms with Crippen molar-refractivity contribution >= 4 is 34.4 Å². The van der Waals surface area contributed by atoms with E-state index >= 15 is 0 Å². The number of aromatic nitrogens is 3. The van der Waals surface area contributed by atoms with E-state index in [4.69, 9.17) is 16.3 Å². The maximum atomic E-state index is 14.5. The van der Waals surface area contributed by atoms with Crippen LogP contribution in [0.3, 0.4) is 0 Å². The van der Waals surface area contributed by atoms with Gasteiger partial charge in [0.25, 0.3) is 0 Å². The van der Waals surface area contributed by atoms with E-state index in [0.717, 1.165) is 19.3 Å². The fourth-order valence-corrected chi connectivity index (χ4v) is 4.45. The van der Waals surface area contributed by atoms with E-state index in [0.29, 0.717) is 29.8 Å². The summed E-state index contributed by atoms with van der Waals surface area (Å²) < 4.78 is 21.6. The van der Waals surface area contributed by atoms with Crippen molar-refractivity contribution in [2.75, 3.05) is 18.0 Å². The molecule has 0 spiro atoms. The molecule has 28 heavy (non-hydrogen) atoms. The lowest BCUT2D eigenvalue weighted by molar-refractivity contribution is -0.00975. The number of carbonyl (C=O) groups excluding carboxylic acids is 1. The molecule has 0 N–H and O–H groups in total. The number of piperazine rings is 1. The van der Waals surface area contributed by atoms with Crippen molar-refractivity contribution in [3.63, 3.8) is 0 Å². The highest BCUT2D eigenvalue weighted by atomic mass is 35.5. The fraction of sp³-hybridized carbons (Fsp3) is 0.632. The van der Waals surface area contributed by atoms with Crippen LogP contribution in [-0.4, -0.2) is 56.5 Å². The Balaban J connectivity index is 1.64. The molecule has 4 rings (SSSR count). The van der Waals surface area contributed by atoms with Gasteiger partial charge in [0, 0.05) is 26.3 Å². The van der Waals surface area contributed by atoms with Crippen LogP contribution < -0.4 is 4.90 Å². The molecule has 7 nitrogen and oxygen atoms in total. The van der Waals surface area contributed by atoms with Crippen molar-refractivity contribution in [3.05, 3.63) is 17.2 Å². The molecule has 2 aliphatic rings. The predicted molar refractivity (Wildman–Crippen MR) is 105 cm³/mol. The van der Waals surface area contributed by atoms with Crippen molar-refractivity contribution in [2.45, 2.75) is 57.7 Å². The minimum Gasteiger partial charge on any atom is -0.444 e. The molecule has 9 heteroatoms. The van der Waals surface area contributed by atoms with Gasteiger partial charge >= 0.3 is 6.09 Å². The van der Waals surface area contributed by atoms with E-state index in [9.17, 15) is 9.18 Å². The van der Waals surface area contributed by atoms with Gasteiger partial charge in [0.2, 0.25) is 0 Å². The molecule has 1 amide bonds. The van der Waals surface area contributed by atoms with Crippen LogP contribution in [-0.2, 0) is 11.8 Å². The number of piperidine rings is 1. The van der Waals surface area contributed by atoms with Crippen molar-refractivity contribution in [1.82, 2.24) is 19.7 Å². The Bertz CT molecular complexity index is 911. The normalized spacial score (nSPS) is 22.6. The van der Waals surface area contributed by atoms with Crippen LogP contribution in [0, 0.1) is 5.82 Å². The molecular weight excluding hydrogens is 385 g/mol. The number of aryl methyl sites for hydroxylation is 1. The van der Waals surface area contributed by atoms with Crippen LogP contribution in [0.4, 0.5) is 15.0 Å². The first kappa shape index (κ1) is 19.2. The quantitative estimate of drug-likeness (QED) is 0.671. The third kappa shape index (κ3) is 3.27. The number of hydrogen-bond donors (Lipinski definition) is 0. The van der Waals surface area contributed by atoms with Gasteiger partial charge in [-0.1, -0.05) is 11.6 Å². The molecule has 0 aliphatic carbocycles. The molecule has 152 valence electrons. The number of rotatable bonds is 1. The maximum absolute atomic E-state index is 14.5. The highest BCUT2D eigenvalue weighted by Crippen LogP contribution is 2.35. The van der Waals surface area contributed by atoms with E-state index < -0.39 is 11.4 Å². The number of pyridine rings is 1. The average Bonchev–Trinajstić information content (AvgIpc) is 2.92. The van der Waals surface area contributed by atoms with E-state index in [-0.39, 0.29) is 23.3 Å². The summed E-state index contributed by atoms with van der Waals surface area (Å²) in [6.45, 7) is 6.90. The molecule has 4 heterocycles. The highest BCUT2D eigenvalue weighted by molar-refractivity contribution is 6.30. The zero-order valence-electron chi connectivity index (χ0n) is 16.6. The monoisotopic (exact) mass is 409 g/mol. The van der Waals surface area contributed by atoms with Gasteiger partial charge in [-0.2, -0.15) is 5.10 Å². The lowest BCUT2D eigenvalue weighted by Gasteiger charge is -2.50. The van der Waals surface area contributed by atoms with Gasteiger partial charge in [-0.25, -0.2) is 14.2 Å². The first-order valence-corrected chi connectivity index (χ1v) is 9.96. The number of fused-ring (bicyclic) bond motifs is 3. The number of halogens is 2. The molecule has 2 unspecified atom stereocenters. The molecule has 2 aromatic heterocycles. The lowest BCUT2D eigenvalue weighted by atomic mass is 9.91. The summed E-state index contributed by atoms with van der Waals surface area (Å²) in [6, 6.07) is 0.0917. The van der Waals surface area contributed by atoms with Crippen LogP contribution in [0.15, 0.2) is 6.20 Å². The lowest BCUT2D eigenvalue weighted by Crippen LogP contribution is -2.63. The van der Waals surface area contributed by atoms with Crippen molar-refractivity contribution in [2.24, 2.45) is 7.05 Å². The first-order valence-electron chi connectivity index (χ1n) is 9.58. The summed E-state index contributed by atoms with van der Waals surface area (Å²) in [7, 11) is 1.70. The zero-order valence-corrected chi connectivity index (χ0v) is 17.3. The van der Waals surface area contributed by atoms with Gasteiger partial charge in [0.15, 0.2) is 16.8 Å². The van der Waals surface area contributed by atoms with Gasteiger partial charge in [0.1, 0.15) is 11.1 Å². The Kier molecular flexibility index (Phi) is 4.64. The van der Waals surface area contributed by atoms with Crippen LogP contribution in [0.2, 0.25) is 5.15 Å². The Morgan fingerprint density at radius 3 is 2.54 bits per heavy atom. The number of hydrogen-bond acceptors (Lipinski definition) is 5. The Labute approximate surface area is 168 Å². The number of amides is 1. The summed E-state index contributed by atoms with van der Waals surface area (Å²) in [4.78, 5) is 20.7. The summed E-state index contributed by atoms with van der Waals surface area (Å²) in [6.07, 6.45) is 4.22. The van der Waals surface area contributed by atoms with Crippen molar-refractivity contribution < 1.29 is 13.9 Å². The van der Waals surface area contributed by atoms with E-state index in [1.807, 2.05) is 25.7 Å². The molecule has 2 aromatic rings. The summed E-state index contributed by atoms with van der Waals surface area (Å²) >= 11 is 5.84. The third-order valence-electron chi connectivity index (χ3n) is 5.39. The molecule has 2 bridgehead atoms. The fourth-order valence-electron chi connectivity index (χ4n) is 4.31. The van der Waals surface area contributed by atoms with Gasteiger partial charge in [-0.05, 0) is 40.0 Å². The summed E-state index contributed by atoms with van der Waals surface area (Å²) in [5.41, 5.74) is -0.183. The van der Waals surface area contributed by atoms with E-state index in [1.165, 1.54) is 4.68 Å². The number of anilines is 1. The van der Waals surface area contributed by atoms with Crippen LogP contribution >= 0.6 is 11.6 Å². The van der Waals surface area contributed by atoms with Crippen molar-refractivity contribution in [3.8, 4) is 0 Å². The first-order chi connectivity index (χ1) is 13.2. The topological polar surface area (TPSA) is 63.5 Å². The van der Waals surface area contributed by atoms with Gasteiger partial charge in [-0.15, -0.1) is 0 Å². The number of carbonyl (C=O) groups is 1. The van der Waals surface area contributed by atoms with Gasteiger partial charge < -0.3 is 9.64 Å². The molecule has 2 atom stereocenters. The second-order valence-corrected chi connectivity index (χ2v) is 8.96. The van der Waals surface area contributed by atoms with Crippen LogP contribution in [0.5, 0.6) is 0 Å². The number of ether oxygens (including phenoxy) is 1. The largest absolute Gasteiger partial charge is 0.444 e. The van der Waals surface area contributed by atoms with Gasteiger partial charge in [0.05, 0.1) is 17.5 Å². The minimum atomic E-state index is -0.562. The maximum Gasteiger partial charge on any atom is 0.410 e. The Hall–Kier alpha value is -2.09. The summed E-state index contributed by atoms with van der Waals surface area (Å²) in [5, 5.41) is 5.02. The van der Waals surface area contributed by atoms with Crippen LogP contribution in [0.1, 0.15) is 40.0 Å². The predicted octanol–water partition coefficient (Wildman–Crippen LogP) is 3.74. The highest BCUT2D eigenvalue weighted by Gasteiger charge is 2.43. The molecule has 2 aliphatic heterocycles. The molecule has 2 saturated heterocycles. The minimum absolute atomic E-state index is 0.0458. The Morgan fingerprint density at radius 2 is 1.93 bits per heavy atom. The average molecular weight is 410 g/mol. The summed E-state index contributed by atoms with van der Waals surface area (Å²) in [5.74, 6) is 0.120. The standard InChI is InChI=1S/C19H25ClFN5O2/c1-19(2,3)28-18(27)26-11-6-5-7-12(26)10-25(9-11)17-13-8-22-16(20)14(21)15(13)24(4)23-17/h8,11-12H,5-7,9-10H2,1-4H3. The van der Waals surface area contributed by atoms with Crippen LogP contribution in [0.25, 0.3) is 10.9 Å². The number of nitrogens with zero attached hydrogens (tertiary/aromatic N) is 5. The smallest absolute Gasteiger partial charge is 0.410 e. The third-order valence-corrected chi connectivity index (χ3v) is 5.65. The molecule has 2 fully saturated rings. The SMILES string of the molecule is Cn1nc(N2CC3CCCC(C2)N3C(=O)OC(C)(C)C)c2cnc(Cl)c(F)c21. The molecule has 0 saturated carbocycles.